The molecule has 0 saturated heterocycles. The van der Waals surface area contributed by atoms with Gasteiger partial charge in [0.25, 0.3) is 0 Å². The lowest BCUT2D eigenvalue weighted by Crippen LogP contribution is -2.38. The molecule has 80 valence electrons. The van der Waals surface area contributed by atoms with Crippen LogP contribution in [0.1, 0.15) is 25.6 Å². The van der Waals surface area contributed by atoms with Crippen molar-refractivity contribution >= 4 is 11.3 Å². The van der Waals surface area contributed by atoms with Crippen molar-refractivity contribution in [2.75, 3.05) is 6.54 Å². The molecule has 0 aromatic carbocycles. The Morgan fingerprint density at radius 2 is 2.14 bits per heavy atom. The lowest BCUT2D eigenvalue weighted by molar-refractivity contribution is 0.475. The van der Waals surface area contributed by atoms with Crippen molar-refractivity contribution < 1.29 is 0 Å². The average molecular weight is 213 g/mol. The highest BCUT2D eigenvalue weighted by Gasteiger charge is 2.02. The van der Waals surface area contributed by atoms with Crippen LogP contribution in [0.5, 0.6) is 0 Å². The number of aromatic nitrogens is 1. The van der Waals surface area contributed by atoms with Crippen LogP contribution in [0.3, 0.4) is 0 Å². The molecule has 1 unspecified atom stereocenters. The number of thiazole rings is 1. The summed E-state index contributed by atoms with van der Waals surface area (Å²) in [5.74, 6) is 0. The molecule has 2 N–H and O–H groups in total. The van der Waals surface area contributed by atoms with Crippen LogP contribution >= 0.6 is 11.3 Å². The number of rotatable bonds is 6. The fourth-order valence-corrected chi connectivity index (χ4v) is 1.63. The molecule has 0 radical (unpaired) electrons. The van der Waals surface area contributed by atoms with Crippen molar-refractivity contribution in [2.24, 2.45) is 0 Å². The molecule has 14 heavy (non-hydrogen) atoms. The highest BCUT2D eigenvalue weighted by molar-refractivity contribution is 7.09. The fraction of sp³-hybridized carbons (Fsp3) is 0.700. The van der Waals surface area contributed by atoms with E-state index in [2.05, 4.69) is 36.4 Å². The summed E-state index contributed by atoms with van der Waals surface area (Å²) in [6.45, 7) is 8.45. The molecule has 0 bridgehead atoms. The van der Waals surface area contributed by atoms with Crippen molar-refractivity contribution in [1.29, 1.82) is 0 Å². The number of nitrogens with one attached hydrogen (secondary N) is 2. The lowest BCUT2D eigenvalue weighted by atomic mass is 10.3. The van der Waals surface area contributed by atoms with Crippen LogP contribution in [0.4, 0.5) is 0 Å². The van der Waals surface area contributed by atoms with Crippen molar-refractivity contribution in [3.63, 3.8) is 0 Å². The first-order chi connectivity index (χ1) is 6.68. The minimum atomic E-state index is 0.500. The van der Waals surface area contributed by atoms with Crippen molar-refractivity contribution in [2.45, 2.75) is 39.4 Å². The summed E-state index contributed by atoms with van der Waals surface area (Å²) >= 11 is 1.70. The van der Waals surface area contributed by atoms with Gasteiger partial charge in [0.05, 0.1) is 5.51 Å². The fourth-order valence-electron chi connectivity index (χ4n) is 1.09. The van der Waals surface area contributed by atoms with E-state index in [9.17, 15) is 0 Å². The average Bonchev–Trinajstić information content (AvgIpc) is 2.63. The zero-order chi connectivity index (χ0) is 10.4. The quantitative estimate of drug-likeness (QED) is 0.754. The zero-order valence-corrected chi connectivity index (χ0v) is 9.90. The third kappa shape index (κ3) is 4.69. The monoisotopic (exact) mass is 213 g/mol. The van der Waals surface area contributed by atoms with Crippen molar-refractivity contribution in [3.8, 4) is 0 Å². The summed E-state index contributed by atoms with van der Waals surface area (Å²) in [4.78, 5) is 5.33. The van der Waals surface area contributed by atoms with Gasteiger partial charge >= 0.3 is 0 Å². The summed E-state index contributed by atoms with van der Waals surface area (Å²) in [6.07, 6.45) is 1.92. The molecular formula is C10H19N3S. The highest BCUT2D eigenvalue weighted by Crippen LogP contribution is 2.04. The van der Waals surface area contributed by atoms with Gasteiger partial charge in [-0.3, -0.25) is 4.98 Å². The zero-order valence-electron chi connectivity index (χ0n) is 9.08. The normalized spacial score (nSPS) is 13.4. The van der Waals surface area contributed by atoms with Gasteiger partial charge < -0.3 is 10.6 Å². The van der Waals surface area contributed by atoms with E-state index in [4.69, 9.17) is 0 Å². The summed E-state index contributed by atoms with van der Waals surface area (Å²) in [5.41, 5.74) is 1.87. The Balaban J connectivity index is 2.12. The van der Waals surface area contributed by atoms with Gasteiger partial charge in [0, 0.05) is 36.2 Å². The van der Waals surface area contributed by atoms with Gasteiger partial charge in [0.2, 0.25) is 0 Å². The smallest absolute Gasteiger partial charge is 0.0794 e. The second-order valence-corrected chi connectivity index (χ2v) is 4.78. The summed E-state index contributed by atoms with van der Waals surface area (Å²) in [7, 11) is 0. The second kappa shape index (κ2) is 6.11. The maximum Gasteiger partial charge on any atom is 0.0794 e. The molecular weight excluding hydrogens is 194 g/mol. The Hall–Kier alpha value is -0.450. The van der Waals surface area contributed by atoms with Crippen molar-refractivity contribution in [1.82, 2.24) is 15.6 Å². The summed E-state index contributed by atoms with van der Waals surface area (Å²) in [5, 5.41) is 6.85. The molecule has 1 atom stereocenters. The first kappa shape index (κ1) is 11.6. The van der Waals surface area contributed by atoms with Crippen LogP contribution in [-0.4, -0.2) is 23.6 Å². The molecule has 1 aromatic heterocycles. The molecule has 0 aliphatic rings. The molecule has 1 aromatic rings. The Bertz CT molecular complexity index is 234. The lowest BCUT2D eigenvalue weighted by Gasteiger charge is -2.15. The summed E-state index contributed by atoms with van der Waals surface area (Å²) < 4.78 is 0. The Labute approximate surface area is 89.9 Å². The molecule has 4 heteroatoms. The van der Waals surface area contributed by atoms with E-state index in [-0.39, 0.29) is 0 Å². The largest absolute Gasteiger partial charge is 0.313 e. The highest BCUT2D eigenvalue weighted by atomic mass is 32.1. The summed E-state index contributed by atoms with van der Waals surface area (Å²) in [6, 6.07) is 1.06. The van der Waals surface area contributed by atoms with E-state index in [0.717, 1.165) is 13.1 Å². The third-order valence-electron chi connectivity index (χ3n) is 1.94. The van der Waals surface area contributed by atoms with Gasteiger partial charge in [-0.2, -0.15) is 0 Å². The van der Waals surface area contributed by atoms with Gasteiger partial charge in [-0.05, 0) is 6.92 Å². The molecule has 0 saturated carbocycles. The van der Waals surface area contributed by atoms with E-state index in [1.807, 2.05) is 11.7 Å². The Morgan fingerprint density at radius 3 is 2.71 bits per heavy atom. The topological polar surface area (TPSA) is 37.0 Å². The molecule has 0 amide bonds. The van der Waals surface area contributed by atoms with Crippen molar-refractivity contribution in [3.05, 3.63) is 16.6 Å². The molecule has 0 aliphatic heterocycles. The predicted molar refractivity (Wildman–Crippen MR) is 61.6 cm³/mol. The molecule has 0 fully saturated rings. The van der Waals surface area contributed by atoms with E-state index < -0.39 is 0 Å². The molecule has 0 aliphatic carbocycles. The minimum Gasteiger partial charge on any atom is -0.313 e. The first-order valence-corrected chi connectivity index (χ1v) is 5.90. The van der Waals surface area contributed by atoms with Crippen LogP contribution in [0, 0.1) is 0 Å². The maximum absolute atomic E-state index is 4.04. The predicted octanol–water partition coefficient (Wildman–Crippen LogP) is 1.62. The van der Waals surface area contributed by atoms with E-state index in [1.165, 1.54) is 4.88 Å². The molecule has 0 spiro atoms. The first-order valence-electron chi connectivity index (χ1n) is 5.02. The van der Waals surface area contributed by atoms with Gasteiger partial charge in [-0.15, -0.1) is 11.3 Å². The van der Waals surface area contributed by atoms with E-state index in [1.54, 1.807) is 11.3 Å². The van der Waals surface area contributed by atoms with Crippen LogP contribution in [0.25, 0.3) is 0 Å². The van der Waals surface area contributed by atoms with E-state index >= 15 is 0 Å². The van der Waals surface area contributed by atoms with Crippen LogP contribution in [0.2, 0.25) is 0 Å². The number of hydrogen-bond acceptors (Lipinski definition) is 4. The van der Waals surface area contributed by atoms with Gasteiger partial charge in [-0.25, -0.2) is 0 Å². The van der Waals surface area contributed by atoms with Gasteiger partial charge in [0.15, 0.2) is 0 Å². The number of hydrogen-bond donors (Lipinski definition) is 2. The minimum absolute atomic E-state index is 0.500. The van der Waals surface area contributed by atoms with E-state index in [0.29, 0.717) is 12.1 Å². The second-order valence-electron chi connectivity index (χ2n) is 3.81. The SMILES string of the molecule is CC(C)NCC(C)NCc1cncs1. The molecule has 3 nitrogen and oxygen atoms in total. The molecule has 1 rings (SSSR count). The standard InChI is InChI=1S/C10H19N3S/c1-8(2)12-4-9(3)13-6-10-5-11-7-14-10/h5,7-9,12-13H,4,6H2,1-3H3. The maximum atomic E-state index is 4.04. The third-order valence-corrected chi connectivity index (χ3v) is 2.72. The Kier molecular flexibility index (Phi) is 5.07. The van der Waals surface area contributed by atoms with Gasteiger partial charge in [0.1, 0.15) is 0 Å². The molecule has 1 heterocycles. The van der Waals surface area contributed by atoms with Gasteiger partial charge in [-0.1, -0.05) is 13.8 Å². The van der Waals surface area contributed by atoms with Crippen LogP contribution in [0.15, 0.2) is 11.7 Å². The van der Waals surface area contributed by atoms with Crippen LogP contribution < -0.4 is 10.6 Å². The van der Waals surface area contributed by atoms with Crippen LogP contribution in [-0.2, 0) is 6.54 Å². The Morgan fingerprint density at radius 1 is 1.36 bits per heavy atom. The number of nitrogens with zero attached hydrogens (tertiary/aromatic N) is 1.